The predicted molar refractivity (Wildman–Crippen MR) is 50.7 cm³/mol. The number of benzene rings is 1. The van der Waals surface area contributed by atoms with Crippen molar-refractivity contribution in [3.8, 4) is 0 Å². The van der Waals surface area contributed by atoms with Gasteiger partial charge in [-0.3, -0.25) is 0 Å². The first-order chi connectivity index (χ1) is 6.43. The molecule has 1 aromatic carbocycles. The average Bonchev–Trinajstić information content (AvgIpc) is 2.01. The van der Waals surface area contributed by atoms with Crippen molar-refractivity contribution < 1.29 is 18.7 Å². The fraction of sp³-hybridized carbons (Fsp3) is 0. The first-order valence-corrected chi connectivity index (χ1v) is 4.30. The number of halogens is 3. The van der Waals surface area contributed by atoms with Crippen LogP contribution in [0.1, 0.15) is 5.56 Å². The topological polar surface area (TPSA) is 37.3 Å². The molecule has 0 radical (unpaired) electrons. The molecule has 1 N–H and O–H groups in total. The van der Waals surface area contributed by atoms with Crippen LogP contribution in [0.3, 0.4) is 0 Å². The highest BCUT2D eigenvalue weighted by molar-refractivity contribution is 9.10. The van der Waals surface area contributed by atoms with E-state index in [9.17, 15) is 13.6 Å². The quantitative estimate of drug-likeness (QED) is 0.833. The minimum absolute atomic E-state index is 0.203. The van der Waals surface area contributed by atoms with E-state index in [1.807, 2.05) is 0 Å². The summed E-state index contributed by atoms with van der Waals surface area (Å²) in [5.41, 5.74) is -1.21. The van der Waals surface area contributed by atoms with Gasteiger partial charge < -0.3 is 5.11 Å². The SMILES string of the molecule is C=C(C(=O)O)c1c(F)cc(Br)cc1F. The molecule has 0 aliphatic heterocycles. The second-order valence-corrected chi connectivity index (χ2v) is 3.44. The lowest BCUT2D eigenvalue weighted by molar-refractivity contribution is -0.130. The summed E-state index contributed by atoms with van der Waals surface area (Å²) in [6.07, 6.45) is 0. The highest BCUT2D eigenvalue weighted by atomic mass is 79.9. The van der Waals surface area contributed by atoms with Crippen LogP contribution in [0.25, 0.3) is 5.57 Å². The van der Waals surface area contributed by atoms with E-state index < -0.39 is 28.7 Å². The Balaban J connectivity index is 3.35. The molecule has 0 aromatic heterocycles. The van der Waals surface area contributed by atoms with Crippen LogP contribution < -0.4 is 0 Å². The van der Waals surface area contributed by atoms with Crippen molar-refractivity contribution in [3.05, 3.63) is 40.4 Å². The molecule has 2 nitrogen and oxygen atoms in total. The van der Waals surface area contributed by atoms with E-state index in [0.717, 1.165) is 12.1 Å². The summed E-state index contributed by atoms with van der Waals surface area (Å²) >= 11 is 2.88. The number of aliphatic carboxylic acids is 1. The molecule has 0 saturated heterocycles. The molecule has 0 spiro atoms. The van der Waals surface area contributed by atoms with Gasteiger partial charge in [-0.05, 0) is 12.1 Å². The van der Waals surface area contributed by atoms with Gasteiger partial charge in [-0.2, -0.15) is 0 Å². The molecule has 0 saturated carbocycles. The summed E-state index contributed by atoms with van der Waals surface area (Å²) in [5, 5.41) is 8.51. The summed E-state index contributed by atoms with van der Waals surface area (Å²) in [4.78, 5) is 10.4. The van der Waals surface area contributed by atoms with Crippen molar-refractivity contribution in [2.45, 2.75) is 0 Å². The molecule has 0 atom stereocenters. The maximum Gasteiger partial charge on any atom is 0.335 e. The highest BCUT2D eigenvalue weighted by Gasteiger charge is 2.17. The van der Waals surface area contributed by atoms with Crippen molar-refractivity contribution in [2.75, 3.05) is 0 Å². The number of carboxylic acid groups (broad SMARTS) is 1. The van der Waals surface area contributed by atoms with E-state index in [2.05, 4.69) is 22.5 Å². The second-order valence-electron chi connectivity index (χ2n) is 2.53. The first kappa shape index (κ1) is 10.8. The van der Waals surface area contributed by atoms with E-state index in [-0.39, 0.29) is 4.47 Å². The van der Waals surface area contributed by atoms with Crippen LogP contribution in [0, 0.1) is 11.6 Å². The Morgan fingerprint density at radius 1 is 1.36 bits per heavy atom. The summed E-state index contributed by atoms with van der Waals surface area (Å²) < 4.78 is 26.5. The van der Waals surface area contributed by atoms with Gasteiger partial charge in [-0.25, -0.2) is 13.6 Å². The zero-order valence-electron chi connectivity index (χ0n) is 6.85. The summed E-state index contributed by atoms with van der Waals surface area (Å²) in [6.45, 7) is 3.08. The number of rotatable bonds is 2. The maximum atomic E-state index is 13.1. The van der Waals surface area contributed by atoms with Gasteiger partial charge in [-0.1, -0.05) is 22.5 Å². The third-order valence-electron chi connectivity index (χ3n) is 1.57. The molecule has 0 unspecified atom stereocenters. The van der Waals surface area contributed by atoms with Gasteiger partial charge in [0.25, 0.3) is 0 Å². The molecule has 1 rings (SSSR count). The monoisotopic (exact) mass is 262 g/mol. The summed E-state index contributed by atoms with van der Waals surface area (Å²) in [7, 11) is 0. The number of hydrogen-bond donors (Lipinski definition) is 1. The zero-order chi connectivity index (χ0) is 10.9. The Kier molecular flexibility index (Phi) is 3.00. The lowest BCUT2D eigenvalue weighted by Crippen LogP contribution is -2.03. The second kappa shape index (κ2) is 3.88. The molecule has 0 aliphatic carbocycles. The van der Waals surface area contributed by atoms with Gasteiger partial charge in [-0.15, -0.1) is 0 Å². The van der Waals surface area contributed by atoms with Crippen molar-refractivity contribution in [1.29, 1.82) is 0 Å². The number of hydrogen-bond acceptors (Lipinski definition) is 1. The highest BCUT2D eigenvalue weighted by Crippen LogP contribution is 2.24. The lowest BCUT2D eigenvalue weighted by Gasteiger charge is -2.04. The van der Waals surface area contributed by atoms with Crippen LogP contribution in [0.5, 0.6) is 0 Å². The van der Waals surface area contributed by atoms with E-state index in [0.29, 0.717) is 0 Å². The van der Waals surface area contributed by atoms with Crippen LogP contribution in [-0.2, 0) is 4.79 Å². The largest absolute Gasteiger partial charge is 0.478 e. The Morgan fingerprint density at radius 3 is 2.14 bits per heavy atom. The zero-order valence-corrected chi connectivity index (χ0v) is 8.44. The van der Waals surface area contributed by atoms with Crippen LogP contribution in [-0.4, -0.2) is 11.1 Å². The molecule has 5 heteroatoms. The molecule has 0 heterocycles. The minimum atomic E-state index is -1.45. The molecule has 0 fully saturated rings. The molecule has 0 aliphatic rings. The fourth-order valence-corrected chi connectivity index (χ4v) is 1.34. The Labute approximate surface area is 87.0 Å². The summed E-state index contributed by atoms with van der Waals surface area (Å²) in [5.74, 6) is -3.36. The van der Waals surface area contributed by atoms with Gasteiger partial charge in [0, 0.05) is 4.47 Å². The van der Waals surface area contributed by atoms with Crippen molar-refractivity contribution in [2.24, 2.45) is 0 Å². The van der Waals surface area contributed by atoms with Gasteiger partial charge in [0.1, 0.15) is 11.6 Å². The van der Waals surface area contributed by atoms with E-state index in [4.69, 9.17) is 5.11 Å². The maximum absolute atomic E-state index is 13.1. The van der Waals surface area contributed by atoms with E-state index >= 15 is 0 Å². The Hall–Kier alpha value is -1.23. The third-order valence-corrected chi connectivity index (χ3v) is 2.02. The van der Waals surface area contributed by atoms with Crippen molar-refractivity contribution >= 4 is 27.5 Å². The van der Waals surface area contributed by atoms with Crippen LogP contribution in [0.4, 0.5) is 8.78 Å². The fourth-order valence-electron chi connectivity index (χ4n) is 0.937. The third kappa shape index (κ3) is 1.98. The molecule has 14 heavy (non-hydrogen) atoms. The predicted octanol–water partition coefficient (Wildman–Crippen LogP) is 2.83. The molecule has 0 bridgehead atoms. The van der Waals surface area contributed by atoms with Gasteiger partial charge >= 0.3 is 5.97 Å². The molecule has 74 valence electrons. The smallest absolute Gasteiger partial charge is 0.335 e. The van der Waals surface area contributed by atoms with Gasteiger partial charge in [0.2, 0.25) is 0 Å². The van der Waals surface area contributed by atoms with Crippen molar-refractivity contribution in [3.63, 3.8) is 0 Å². The van der Waals surface area contributed by atoms with Crippen molar-refractivity contribution in [1.82, 2.24) is 0 Å². The van der Waals surface area contributed by atoms with E-state index in [1.54, 1.807) is 0 Å². The van der Waals surface area contributed by atoms with Gasteiger partial charge in [0.15, 0.2) is 0 Å². The Morgan fingerprint density at radius 2 is 1.79 bits per heavy atom. The molecule has 0 amide bonds. The van der Waals surface area contributed by atoms with Crippen LogP contribution in [0.15, 0.2) is 23.2 Å². The molecular formula is C9H5BrF2O2. The Bertz CT molecular complexity index is 392. The first-order valence-electron chi connectivity index (χ1n) is 3.50. The minimum Gasteiger partial charge on any atom is -0.478 e. The standard InChI is InChI=1S/C9H5BrF2O2/c1-4(9(13)14)8-6(11)2-5(10)3-7(8)12/h2-3H,1H2,(H,13,14). The average molecular weight is 263 g/mol. The number of carbonyl (C=O) groups is 1. The van der Waals surface area contributed by atoms with E-state index in [1.165, 1.54) is 0 Å². The molecular weight excluding hydrogens is 258 g/mol. The normalized spacial score (nSPS) is 9.93. The number of carboxylic acids is 1. The van der Waals surface area contributed by atoms with Crippen LogP contribution in [0.2, 0.25) is 0 Å². The molecule has 1 aromatic rings. The lowest BCUT2D eigenvalue weighted by atomic mass is 10.1. The summed E-state index contributed by atoms with van der Waals surface area (Å²) in [6, 6.07) is 1.96. The van der Waals surface area contributed by atoms with Crippen LogP contribution >= 0.6 is 15.9 Å². The van der Waals surface area contributed by atoms with Gasteiger partial charge in [0.05, 0.1) is 11.1 Å².